The number of nitrogens with two attached hydrogens (primary N) is 1. The lowest BCUT2D eigenvalue weighted by Gasteiger charge is -2.17. The van der Waals surface area contributed by atoms with Gasteiger partial charge >= 0.3 is 0 Å². The van der Waals surface area contributed by atoms with Crippen molar-refractivity contribution in [1.29, 1.82) is 0 Å². The third-order valence-corrected chi connectivity index (χ3v) is 4.66. The number of phenolic OH excluding ortho intramolecular Hbond substituents is 1. The molecule has 0 unspecified atom stereocenters. The number of aryl methyl sites for hydroxylation is 3. The van der Waals surface area contributed by atoms with Crippen LogP contribution < -0.4 is 5.73 Å². The van der Waals surface area contributed by atoms with E-state index < -0.39 is 11.6 Å². The molecule has 0 amide bonds. The first-order valence-electron chi connectivity index (χ1n) is 8.94. The summed E-state index contributed by atoms with van der Waals surface area (Å²) >= 11 is 0. The van der Waals surface area contributed by atoms with E-state index in [1.54, 1.807) is 19.9 Å². The van der Waals surface area contributed by atoms with Crippen molar-refractivity contribution in [3.63, 3.8) is 0 Å². The fourth-order valence-electron chi connectivity index (χ4n) is 3.40. The second kappa shape index (κ2) is 7.72. The van der Waals surface area contributed by atoms with Gasteiger partial charge in [0.25, 0.3) is 0 Å². The van der Waals surface area contributed by atoms with Crippen LogP contribution in [0.25, 0.3) is 22.3 Å². The zero-order valence-corrected chi connectivity index (χ0v) is 16.0. The monoisotopic (exact) mass is 383 g/mol. The number of oxime groups is 1. The second-order valence-electron chi connectivity index (χ2n) is 6.67. The van der Waals surface area contributed by atoms with Crippen molar-refractivity contribution in [2.45, 2.75) is 33.6 Å². The Morgan fingerprint density at radius 1 is 1.21 bits per heavy atom. The summed E-state index contributed by atoms with van der Waals surface area (Å²) < 4.78 is 19.4. The average molecular weight is 383 g/mol. The van der Waals surface area contributed by atoms with Crippen LogP contribution in [0.4, 0.5) is 4.39 Å². The highest BCUT2D eigenvalue weighted by Crippen LogP contribution is 2.40. The predicted octanol–water partition coefficient (Wildman–Crippen LogP) is 4.52. The van der Waals surface area contributed by atoms with Crippen LogP contribution in [0.2, 0.25) is 0 Å². The maximum Gasteiger partial charge on any atom is 0.170 e. The van der Waals surface area contributed by atoms with Crippen molar-refractivity contribution in [2.75, 3.05) is 0 Å². The Morgan fingerprint density at radius 2 is 1.96 bits per heavy atom. The van der Waals surface area contributed by atoms with Crippen LogP contribution in [0.15, 0.2) is 40.0 Å². The van der Waals surface area contributed by atoms with Crippen molar-refractivity contribution >= 4 is 5.84 Å². The number of hydrogen-bond donors (Lipinski definition) is 3. The molecule has 0 radical (unpaired) electrons. The molecule has 4 N–H and O–H groups in total. The minimum absolute atomic E-state index is 0.0616. The van der Waals surface area contributed by atoms with Crippen LogP contribution in [0.1, 0.15) is 35.9 Å². The molecule has 0 aliphatic carbocycles. The number of amidine groups is 1. The highest BCUT2D eigenvalue weighted by atomic mass is 19.1. The van der Waals surface area contributed by atoms with Crippen molar-refractivity contribution in [1.82, 2.24) is 5.16 Å². The minimum atomic E-state index is -0.728. The maximum absolute atomic E-state index is 14.1. The first-order chi connectivity index (χ1) is 13.4. The van der Waals surface area contributed by atoms with Gasteiger partial charge in [-0.1, -0.05) is 35.8 Å². The van der Waals surface area contributed by atoms with Crippen LogP contribution in [0.5, 0.6) is 5.75 Å². The number of aromatic hydroxyl groups is 1. The molecule has 0 spiro atoms. The Balaban J connectivity index is 2.44. The standard InChI is InChI=1S/C21H22FN3O3/c1-4-5-13-8-15(14-6-7-18(26)17(22)10-14)20(16(9-13)21(23)24-27)19-11(2)25-28-12(19)3/h6-10,26-27H,4-5H2,1-3H3,(H2,23,24). The Hall–Kier alpha value is -3.35. The molecule has 0 fully saturated rings. The Labute approximate surface area is 162 Å². The zero-order chi connectivity index (χ0) is 20.4. The summed E-state index contributed by atoms with van der Waals surface area (Å²) in [6.07, 6.45) is 1.66. The molecule has 0 bridgehead atoms. The molecule has 0 aliphatic rings. The first-order valence-corrected chi connectivity index (χ1v) is 8.94. The molecule has 28 heavy (non-hydrogen) atoms. The molecule has 0 saturated carbocycles. The molecular weight excluding hydrogens is 361 g/mol. The van der Waals surface area contributed by atoms with E-state index in [4.69, 9.17) is 10.3 Å². The van der Waals surface area contributed by atoms with Crippen LogP contribution >= 0.6 is 0 Å². The van der Waals surface area contributed by atoms with Gasteiger partial charge in [-0.3, -0.25) is 0 Å². The first kappa shape index (κ1) is 19.4. The molecular formula is C21H22FN3O3. The van der Waals surface area contributed by atoms with E-state index in [0.29, 0.717) is 39.3 Å². The molecule has 6 nitrogen and oxygen atoms in total. The Bertz CT molecular complexity index is 1040. The molecule has 0 saturated heterocycles. The largest absolute Gasteiger partial charge is 0.505 e. The molecule has 1 aromatic heterocycles. The fraction of sp³-hybridized carbons (Fsp3) is 0.238. The van der Waals surface area contributed by atoms with Crippen molar-refractivity contribution in [2.24, 2.45) is 10.9 Å². The van der Waals surface area contributed by atoms with Gasteiger partial charge in [-0.05, 0) is 55.2 Å². The van der Waals surface area contributed by atoms with E-state index in [1.165, 1.54) is 12.1 Å². The van der Waals surface area contributed by atoms with Crippen LogP contribution in [0.3, 0.4) is 0 Å². The number of halogens is 1. The topological polar surface area (TPSA) is 105 Å². The van der Waals surface area contributed by atoms with E-state index >= 15 is 0 Å². The van der Waals surface area contributed by atoms with E-state index in [0.717, 1.165) is 18.4 Å². The number of aromatic nitrogens is 1. The highest BCUT2D eigenvalue weighted by Gasteiger charge is 2.23. The van der Waals surface area contributed by atoms with E-state index in [-0.39, 0.29) is 5.84 Å². The number of rotatable bonds is 5. The SMILES string of the molecule is CCCc1cc(/C(N)=N/O)c(-c2c(C)noc2C)c(-c2ccc(O)c(F)c2)c1. The van der Waals surface area contributed by atoms with Gasteiger partial charge in [0, 0.05) is 16.7 Å². The summed E-state index contributed by atoms with van der Waals surface area (Å²) in [6, 6.07) is 8.00. The van der Waals surface area contributed by atoms with Gasteiger partial charge in [0.1, 0.15) is 5.76 Å². The van der Waals surface area contributed by atoms with Gasteiger partial charge in [-0.15, -0.1) is 0 Å². The van der Waals surface area contributed by atoms with Crippen LogP contribution in [-0.4, -0.2) is 21.3 Å². The lowest BCUT2D eigenvalue weighted by molar-refractivity contribution is 0.318. The lowest BCUT2D eigenvalue weighted by Crippen LogP contribution is -2.16. The van der Waals surface area contributed by atoms with Gasteiger partial charge < -0.3 is 20.6 Å². The van der Waals surface area contributed by atoms with Gasteiger partial charge in [0.05, 0.1) is 5.69 Å². The van der Waals surface area contributed by atoms with E-state index in [2.05, 4.69) is 10.3 Å². The molecule has 2 aromatic carbocycles. The summed E-state index contributed by atoms with van der Waals surface area (Å²) in [6.45, 7) is 5.61. The maximum atomic E-state index is 14.1. The summed E-state index contributed by atoms with van der Waals surface area (Å²) in [4.78, 5) is 0. The zero-order valence-electron chi connectivity index (χ0n) is 16.0. The lowest BCUT2D eigenvalue weighted by atomic mass is 9.86. The van der Waals surface area contributed by atoms with Crippen LogP contribution in [-0.2, 0) is 6.42 Å². The smallest absolute Gasteiger partial charge is 0.170 e. The predicted molar refractivity (Wildman–Crippen MR) is 105 cm³/mol. The second-order valence-corrected chi connectivity index (χ2v) is 6.67. The average Bonchev–Trinajstić information content (AvgIpc) is 3.01. The van der Waals surface area contributed by atoms with E-state index in [1.807, 2.05) is 19.1 Å². The third kappa shape index (κ3) is 3.43. The highest BCUT2D eigenvalue weighted by molar-refractivity contribution is 6.07. The quantitative estimate of drug-likeness (QED) is 0.260. The Morgan fingerprint density at radius 3 is 2.54 bits per heavy atom. The molecule has 0 aliphatic heterocycles. The summed E-state index contributed by atoms with van der Waals surface area (Å²) in [5.41, 5.74) is 10.7. The number of hydrogen-bond acceptors (Lipinski definition) is 5. The summed E-state index contributed by atoms with van der Waals surface area (Å²) in [7, 11) is 0. The Kier molecular flexibility index (Phi) is 5.35. The number of benzene rings is 2. The minimum Gasteiger partial charge on any atom is -0.505 e. The normalized spacial score (nSPS) is 11.8. The van der Waals surface area contributed by atoms with Gasteiger partial charge in [-0.2, -0.15) is 0 Å². The molecule has 7 heteroatoms. The van der Waals surface area contributed by atoms with E-state index in [9.17, 15) is 14.7 Å². The molecule has 0 atom stereocenters. The van der Waals surface area contributed by atoms with Gasteiger partial charge in [-0.25, -0.2) is 4.39 Å². The van der Waals surface area contributed by atoms with Crippen LogP contribution in [0, 0.1) is 19.7 Å². The fourth-order valence-corrected chi connectivity index (χ4v) is 3.40. The van der Waals surface area contributed by atoms with Gasteiger partial charge in [0.2, 0.25) is 0 Å². The van der Waals surface area contributed by atoms with Crippen molar-refractivity contribution in [3.05, 3.63) is 58.7 Å². The summed E-state index contributed by atoms with van der Waals surface area (Å²) in [5.74, 6) is -0.654. The van der Waals surface area contributed by atoms with Crippen molar-refractivity contribution in [3.8, 4) is 28.0 Å². The number of phenols is 1. The molecule has 146 valence electrons. The van der Waals surface area contributed by atoms with Crippen molar-refractivity contribution < 1.29 is 19.2 Å². The number of nitrogens with zero attached hydrogens (tertiary/aromatic N) is 2. The van der Waals surface area contributed by atoms with Gasteiger partial charge in [0.15, 0.2) is 17.4 Å². The summed E-state index contributed by atoms with van der Waals surface area (Å²) in [5, 5.41) is 26.1. The molecule has 1 heterocycles. The molecule has 3 aromatic rings. The third-order valence-electron chi connectivity index (χ3n) is 4.66. The molecule has 3 rings (SSSR count).